The van der Waals surface area contributed by atoms with E-state index in [9.17, 15) is 4.79 Å². The van der Waals surface area contributed by atoms with Gasteiger partial charge in [0.15, 0.2) is 0 Å². The molecule has 5 heteroatoms. The second kappa shape index (κ2) is 6.32. The zero-order valence-corrected chi connectivity index (χ0v) is 11.6. The quantitative estimate of drug-likeness (QED) is 0.645. The third-order valence-electron chi connectivity index (χ3n) is 2.63. The first-order valence-corrected chi connectivity index (χ1v) is 6.73. The molecule has 1 saturated heterocycles. The number of rotatable bonds is 3. The van der Waals surface area contributed by atoms with Crippen LogP contribution in [0, 0.1) is 3.57 Å². The minimum Gasteiger partial charge on any atom is -0.460 e. The monoisotopic (exact) mass is 346 g/mol. The lowest BCUT2D eigenvalue weighted by Gasteiger charge is -2.22. The zero-order chi connectivity index (χ0) is 12.1. The van der Waals surface area contributed by atoms with Gasteiger partial charge in [-0.15, -0.1) is 0 Å². The predicted octanol–water partition coefficient (Wildman–Crippen LogP) is 1.59. The molecule has 0 aromatic heterocycles. The summed E-state index contributed by atoms with van der Waals surface area (Å²) in [5, 5.41) is 0. The Kier molecular flexibility index (Phi) is 4.75. The van der Waals surface area contributed by atoms with Gasteiger partial charge in [0.1, 0.15) is 12.6 Å². The SMILES string of the molecule is O=C(OCc1cccc(I)c1)C1CCCNN1. The predicted molar refractivity (Wildman–Crippen MR) is 73.1 cm³/mol. The highest BCUT2D eigenvalue weighted by Crippen LogP contribution is 2.10. The fourth-order valence-corrected chi connectivity index (χ4v) is 2.33. The van der Waals surface area contributed by atoms with Crippen molar-refractivity contribution in [2.24, 2.45) is 0 Å². The van der Waals surface area contributed by atoms with Gasteiger partial charge in [-0.3, -0.25) is 10.2 Å². The fraction of sp³-hybridized carbons (Fsp3) is 0.417. The largest absolute Gasteiger partial charge is 0.460 e. The number of hydrogen-bond acceptors (Lipinski definition) is 4. The van der Waals surface area contributed by atoms with Crippen LogP contribution in [0.25, 0.3) is 0 Å². The molecule has 2 rings (SSSR count). The van der Waals surface area contributed by atoms with Crippen molar-refractivity contribution in [3.05, 3.63) is 33.4 Å². The first kappa shape index (κ1) is 12.8. The lowest BCUT2D eigenvalue weighted by molar-refractivity contribution is -0.148. The molecule has 92 valence electrons. The van der Waals surface area contributed by atoms with Gasteiger partial charge in [0.25, 0.3) is 0 Å². The molecule has 1 aliphatic rings. The van der Waals surface area contributed by atoms with E-state index in [0.29, 0.717) is 6.61 Å². The molecular weight excluding hydrogens is 331 g/mol. The second-order valence-electron chi connectivity index (χ2n) is 4.00. The lowest BCUT2D eigenvalue weighted by Crippen LogP contribution is -2.50. The Labute approximate surface area is 114 Å². The van der Waals surface area contributed by atoms with E-state index in [2.05, 4.69) is 33.4 Å². The molecule has 1 fully saturated rings. The van der Waals surface area contributed by atoms with E-state index in [1.54, 1.807) is 0 Å². The number of benzene rings is 1. The van der Waals surface area contributed by atoms with Crippen LogP contribution >= 0.6 is 22.6 Å². The molecular formula is C12H15IN2O2. The molecule has 4 nitrogen and oxygen atoms in total. The zero-order valence-electron chi connectivity index (χ0n) is 9.41. The van der Waals surface area contributed by atoms with Gasteiger partial charge in [-0.1, -0.05) is 12.1 Å². The molecule has 0 spiro atoms. The molecule has 1 heterocycles. The molecule has 0 saturated carbocycles. The van der Waals surface area contributed by atoms with Gasteiger partial charge in [-0.25, -0.2) is 5.43 Å². The van der Waals surface area contributed by atoms with Crippen LogP contribution < -0.4 is 10.9 Å². The maximum atomic E-state index is 11.7. The maximum Gasteiger partial charge on any atom is 0.324 e. The van der Waals surface area contributed by atoms with Crippen molar-refractivity contribution < 1.29 is 9.53 Å². The number of carbonyl (C=O) groups excluding carboxylic acids is 1. The summed E-state index contributed by atoms with van der Waals surface area (Å²) in [5.74, 6) is -0.184. The molecule has 1 aromatic rings. The summed E-state index contributed by atoms with van der Waals surface area (Å²) < 4.78 is 6.42. The fourth-order valence-electron chi connectivity index (χ4n) is 1.72. The van der Waals surface area contributed by atoms with Gasteiger partial charge < -0.3 is 4.74 Å². The van der Waals surface area contributed by atoms with E-state index in [4.69, 9.17) is 4.74 Å². The number of esters is 1. The molecule has 1 unspecified atom stereocenters. The van der Waals surface area contributed by atoms with E-state index in [1.807, 2.05) is 24.3 Å². The van der Waals surface area contributed by atoms with Crippen molar-refractivity contribution in [2.45, 2.75) is 25.5 Å². The van der Waals surface area contributed by atoms with Crippen LogP contribution in [0.3, 0.4) is 0 Å². The Morgan fingerprint density at radius 2 is 2.41 bits per heavy atom. The van der Waals surface area contributed by atoms with Gasteiger partial charge in [-0.2, -0.15) is 0 Å². The number of hydrazine groups is 1. The van der Waals surface area contributed by atoms with Crippen molar-refractivity contribution in [1.29, 1.82) is 0 Å². The standard InChI is InChI=1S/C12H15IN2O2/c13-10-4-1-3-9(7-10)8-17-12(16)11-5-2-6-14-15-11/h1,3-4,7,11,14-15H,2,5-6,8H2. The summed E-state index contributed by atoms with van der Waals surface area (Å²) in [7, 11) is 0. The van der Waals surface area contributed by atoms with Gasteiger partial charge in [0, 0.05) is 10.1 Å². The number of ether oxygens (including phenoxy) is 1. The van der Waals surface area contributed by atoms with Gasteiger partial charge in [-0.05, 0) is 53.1 Å². The summed E-state index contributed by atoms with van der Waals surface area (Å²) in [6.07, 6.45) is 1.83. The minimum atomic E-state index is -0.216. The Hall–Kier alpha value is -0.660. The molecule has 0 aliphatic carbocycles. The highest BCUT2D eigenvalue weighted by atomic mass is 127. The number of hydrogen-bond donors (Lipinski definition) is 2. The molecule has 0 bridgehead atoms. The second-order valence-corrected chi connectivity index (χ2v) is 5.25. The molecule has 1 atom stereocenters. The van der Waals surface area contributed by atoms with Crippen molar-refractivity contribution in [2.75, 3.05) is 6.54 Å². The Bertz CT molecular complexity index is 392. The Morgan fingerprint density at radius 3 is 3.12 bits per heavy atom. The van der Waals surface area contributed by atoms with Gasteiger partial charge in [0.05, 0.1) is 0 Å². The third kappa shape index (κ3) is 3.93. The highest BCUT2D eigenvalue weighted by Gasteiger charge is 2.21. The van der Waals surface area contributed by atoms with Crippen molar-refractivity contribution in [3.63, 3.8) is 0 Å². The Balaban J connectivity index is 1.83. The van der Waals surface area contributed by atoms with Crippen LogP contribution in [0.5, 0.6) is 0 Å². The number of nitrogens with one attached hydrogen (secondary N) is 2. The topological polar surface area (TPSA) is 50.4 Å². The van der Waals surface area contributed by atoms with E-state index in [-0.39, 0.29) is 12.0 Å². The van der Waals surface area contributed by atoms with Crippen LogP contribution in [-0.2, 0) is 16.1 Å². The van der Waals surface area contributed by atoms with E-state index >= 15 is 0 Å². The van der Waals surface area contributed by atoms with Crippen molar-refractivity contribution in [3.8, 4) is 0 Å². The number of halogens is 1. The van der Waals surface area contributed by atoms with Gasteiger partial charge in [0.2, 0.25) is 0 Å². The molecule has 1 aromatic carbocycles. The average Bonchev–Trinajstić information content (AvgIpc) is 2.37. The molecule has 17 heavy (non-hydrogen) atoms. The normalized spacial score (nSPS) is 19.9. The van der Waals surface area contributed by atoms with E-state index in [1.165, 1.54) is 0 Å². The summed E-state index contributed by atoms with van der Waals surface area (Å²) in [4.78, 5) is 11.7. The van der Waals surface area contributed by atoms with Crippen molar-refractivity contribution in [1.82, 2.24) is 10.9 Å². The third-order valence-corrected chi connectivity index (χ3v) is 3.30. The molecule has 0 amide bonds. The first-order chi connectivity index (χ1) is 8.25. The van der Waals surface area contributed by atoms with Crippen LogP contribution in [0.4, 0.5) is 0 Å². The summed E-state index contributed by atoms with van der Waals surface area (Å²) in [6.45, 7) is 1.24. The molecule has 1 aliphatic heterocycles. The molecule has 0 radical (unpaired) electrons. The van der Waals surface area contributed by atoms with Crippen LogP contribution in [0.1, 0.15) is 18.4 Å². The van der Waals surface area contributed by atoms with Gasteiger partial charge >= 0.3 is 5.97 Å². The molecule has 2 N–H and O–H groups in total. The Morgan fingerprint density at radius 1 is 1.53 bits per heavy atom. The van der Waals surface area contributed by atoms with E-state index in [0.717, 1.165) is 28.5 Å². The van der Waals surface area contributed by atoms with Crippen LogP contribution in [-0.4, -0.2) is 18.6 Å². The summed E-state index contributed by atoms with van der Waals surface area (Å²) >= 11 is 2.24. The minimum absolute atomic E-state index is 0.184. The van der Waals surface area contributed by atoms with Crippen LogP contribution in [0.15, 0.2) is 24.3 Å². The van der Waals surface area contributed by atoms with Crippen LogP contribution in [0.2, 0.25) is 0 Å². The lowest BCUT2D eigenvalue weighted by atomic mass is 10.1. The first-order valence-electron chi connectivity index (χ1n) is 5.65. The summed E-state index contributed by atoms with van der Waals surface area (Å²) in [5.41, 5.74) is 6.93. The summed E-state index contributed by atoms with van der Waals surface area (Å²) in [6, 6.07) is 7.73. The smallest absolute Gasteiger partial charge is 0.324 e. The van der Waals surface area contributed by atoms with E-state index < -0.39 is 0 Å². The highest BCUT2D eigenvalue weighted by molar-refractivity contribution is 14.1. The maximum absolute atomic E-state index is 11.7. The average molecular weight is 346 g/mol. The van der Waals surface area contributed by atoms with Crippen molar-refractivity contribution >= 4 is 28.6 Å². The number of carbonyl (C=O) groups is 1.